The number of rotatable bonds is 3. The maximum atomic E-state index is 2.62. The van der Waals surface area contributed by atoms with Gasteiger partial charge in [-0.2, -0.15) is 0 Å². The number of aromatic nitrogens is 1. The van der Waals surface area contributed by atoms with E-state index in [2.05, 4.69) is 198 Å². The van der Waals surface area contributed by atoms with Crippen molar-refractivity contribution in [2.24, 2.45) is 0 Å². The van der Waals surface area contributed by atoms with Gasteiger partial charge in [0.15, 0.2) is 0 Å². The molecule has 2 heteroatoms. The summed E-state index contributed by atoms with van der Waals surface area (Å²) < 4.78 is 2.42. The Balaban J connectivity index is 1.03. The Kier molecular flexibility index (Phi) is 6.20. The highest BCUT2D eigenvalue weighted by molar-refractivity contribution is 6.28. The van der Waals surface area contributed by atoms with Gasteiger partial charge in [0, 0.05) is 33.1 Å². The second-order valence-electron chi connectivity index (χ2n) is 14.8. The summed E-state index contributed by atoms with van der Waals surface area (Å²) in [6.45, 7) is 0. The van der Waals surface area contributed by atoms with Gasteiger partial charge in [-0.05, 0) is 109 Å². The summed E-state index contributed by atoms with van der Waals surface area (Å²) >= 11 is 0. The van der Waals surface area contributed by atoms with Crippen molar-refractivity contribution in [1.29, 1.82) is 0 Å². The first-order valence-electron chi connectivity index (χ1n) is 19.0. The molecule has 252 valence electrons. The van der Waals surface area contributed by atoms with Crippen LogP contribution in [0.1, 0.15) is 12.0 Å². The van der Waals surface area contributed by atoms with Crippen LogP contribution in [0.3, 0.4) is 0 Å². The van der Waals surface area contributed by atoms with Gasteiger partial charge in [0.1, 0.15) is 0 Å². The van der Waals surface area contributed by atoms with Crippen LogP contribution in [-0.4, -0.2) is 10.6 Å². The van der Waals surface area contributed by atoms with Crippen molar-refractivity contribution in [2.75, 3.05) is 4.90 Å². The third-order valence-corrected chi connectivity index (χ3v) is 12.0. The van der Waals surface area contributed by atoms with E-state index in [-0.39, 0.29) is 6.04 Å². The number of nitrogens with zero attached hydrogens (tertiary/aromatic N) is 2. The van der Waals surface area contributed by atoms with Gasteiger partial charge in [-0.3, -0.25) is 0 Å². The monoisotopic (exact) mass is 686 g/mol. The standard InChI is InChI=1S/C52H34N2/c1-2-13-34-30-37(27-24-33(34)12-1)53-47-21-9-7-17-41(47)45-31-35(25-28-49(45)53)36-26-29-50-46(32-36)42-18-8-10-22-48(42)54(50)51-23-11-20-44-40-15-4-3-14-38(40)39-16-5-6-19-43(39)52(44)51/h1-21,23-32,48H,22H2. The zero-order valence-electron chi connectivity index (χ0n) is 29.6. The van der Waals surface area contributed by atoms with Crippen molar-refractivity contribution in [3.63, 3.8) is 0 Å². The lowest BCUT2D eigenvalue weighted by molar-refractivity contribution is 0.832. The van der Waals surface area contributed by atoms with Gasteiger partial charge >= 0.3 is 0 Å². The molecule has 12 rings (SSSR count). The molecule has 0 saturated heterocycles. The minimum atomic E-state index is 0.235. The van der Waals surface area contributed by atoms with Gasteiger partial charge in [-0.1, -0.05) is 140 Å². The van der Waals surface area contributed by atoms with E-state index in [0.717, 1.165) is 6.42 Å². The van der Waals surface area contributed by atoms with Crippen molar-refractivity contribution < 1.29 is 0 Å². The number of fused-ring (bicyclic) bond motifs is 13. The zero-order chi connectivity index (χ0) is 35.3. The lowest BCUT2D eigenvalue weighted by atomic mass is 9.92. The van der Waals surface area contributed by atoms with E-state index in [1.807, 2.05) is 0 Å². The van der Waals surface area contributed by atoms with Crippen molar-refractivity contribution in [3.05, 3.63) is 194 Å². The molecule has 2 nitrogen and oxygen atoms in total. The SMILES string of the molecule is C1=CCC2C(=C1)c1cc(-c3ccc4c(c3)c3ccccc3n4-c3ccc4ccccc4c3)ccc1N2c1cccc2c3ccccc3c3ccccc3c12. The summed E-state index contributed by atoms with van der Waals surface area (Å²) in [7, 11) is 0. The molecular weight excluding hydrogens is 653 g/mol. The van der Waals surface area contributed by atoms with Crippen LogP contribution in [-0.2, 0) is 0 Å². The second-order valence-corrected chi connectivity index (χ2v) is 14.8. The third-order valence-electron chi connectivity index (χ3n) is 12.0. The van der Waals surface area contributed by atoms with E-state index in [9.17, 15) is 0 Å². The predicted molar refractivity (Wildman–Crippen MR) is 230 cm³/mol. The predicted octanol–water partition coefficient (Wildman–Crippen LogP) is 13.9. The van der Waals surface area contributed by atoms with E-state index < -0.39 is 0 Å². The van der Waals surface area contributed by atoms with Gasteiger partial charge in [-0.15, -0.1) is 0 Å². The van der Waals surface area contributed by atoms with Crippen LogP contribution in [0.4, 0.5) is 11.4 Å². The molecule has 0 fully saturated rings. The van der Waals surface area contributed by atoms with Crippen molar-refractivity contribution in [2.45, 2.75) is 12.5 Å². The Hall–Kier alpha value is -6.90. The molecule has 1 aliphatic heterocycles. The van der Waals surface area contributed by atoms with E-state index in [1.165, 1.54) is 104 Å². The fraction of sp³-hybridized carbons (Fsp3) is 0.0385. The summed E-state index contributed by atoms with van der Waals surface area (Å²) in [5.41, 5.74) is 11.4. The molecular formula is C52H34N2. The fourth-order valence-corrected chi connectivity index (χ4v) is 9.64. The van der Waals surface area contributed by atoms with Gasteiger partial charge in [0.25, 0.3) is 0 Å². The molecule has 0 radical (unpaired) electrons. The van der Waals surface area contributed by atoms with E-state index in [4.69, 9.17) is 0 Å². The number of benzene rings is 9. The molecule has 1 aromatic heterocycles. The molecule has 1 unspecified atom stereocenters. The summed E-state index contributed by atoms with van der Waals surface area (Å²) in [5.74, 6) is 0. The highest BCUT2D eigenvalue weighted by atomic mass is 15.2. The molecule has 2 aliphatic rings. The molecule has 0 spiro atoms. The van der Waals surface area contributed by atoms with Crippen LogP contribution >= 0.6 is 0 Å². The number of para-hydroxylation sites is 1. The molecule has 10 aromatic rings. The first-order valence-corrected chi connectivity index (χ1v) is 19.0. The zero-order valence-corrected chi connectivity index (χ0v) is 29.6. The lowest BCUT2D eigenvalue weighted by Gasteiger charge is -2.30. The normalized spacial score (nSPS) is 15.1. The maximum Gasteiger partial charge on any atom is 0.0633 e. The van der Waals surface area contributed by atoms with E-state index >= 15 is 0 Å². The quantitative estimate of drug-likeness (QED) is 0.168. The molecule has 1 aliphatic carbocycles. The number of hydrogen-bond acceptors (Lipinski definition) is 1. The molecule has 0 saturated carbocycles. The molecule has 2 heterocycles. The lowest BCUT2D eigenvalue weighted by Crippen LogP contribution is -2.27. The van der Waals surface area contributed by atoms with Gasteiger partial charge in [0.05, 0.1) is 22.8 Å². The van der Waals surface area contributed by atoms with Crippen LogP contribution in [0.15, 0.2) is 188 Å². The average Bonchev–Trinajstić information content (AvgIpc) is 3.75. The Morgan fingerprint density at radius 3 is 1.93 bits per heavy atom. The van der Waals surface area contributed by atoms with Gasteiger partial charge < -0.3 is 9.47 Å². The van der Waals surface area contributed by atoms with Crippen LogP contribution in [0.2, 0.25) is 0 Å². The van der Waals surface area contributed by atoms with Crippen molar-refractivity contribution in [1.82, 2.24) is 4.57 Å². The van der Waals surface area contributed by atoms with Crippen LogP contribution in [0.5, 0.6) is 0 Å². The smallest absolute Gasteiger partial charge is 0.0633 e. The second kappa shape index (κ2) is 11.3. The molecule has 0 bridgehead atoms. The topological polar surface area (TPSA) is 8.17 Å². The minimum Gasteiger partial charge on any atom is -0.332 e. The highest BCUT2D eigenvalue weighted by Crippen LogP contribution is 2.52. The minimum absolute atomic E-state index is 0.235. The molecule has 54 heavy (non-hydrogen) atoms. The Morgan fingerprint density at radius 1 is 0.444 bits per heavy atom. The maximum absolute atomic E-state index is 2.62. The number of hydrogen-bond donors (Lipinski definition) is 0. The average molecular weight is 687 g/mol. The number of anilines is 2. The molecule has 1 atom stereocenters. The van der Waals surface area contributed by atoms with E-state index in [0.29, 0.717) is 0 Å². The molecule has 0 amide bonds. The largest absolute Gasteiger partial charge is 0.332 e. The molecule has 9 aromatic carbocycles. The van der Waals surface area contributed by atoms with Crippen LogP contribution in [0, 0.1) is 0 Å². The Bertz CT molecular complexity index is 3220. The van der Waals surface area contributed by atoms with Gasteiger partial charge in [-0.25, -0.2) is 0 Å². The van der Waals surface area contributed by atoms with E-state index in [1.54, 1.807) is 0 Å². The summed E-state index contributed by atoms with van der Waals surface area (Å²) in [6, 6.07) is 63.3. The van der Waals surface area contributed by atoms with Crippen LogP contribution < -0.4 is 4.90 Å². The Morgan fingerprint density at radius 2 is 1.09 bits per heavy atom. The Labute approximate surface area is 313 Å². The number of allylic oxidation sites excluding steroid dienone is 2. The first-order chi connectivity index (χ1) is 26.8. The first kappa shape index (κ1) is 29.7. The highest BCUT2D eigenvalue weighted by Gasteiger charge is 2.36. The van der Waals surface area contributed by atoms with Gasteiger partial charge in [0.2, 0.25) is 0 Å². The summed E-state index contributed by atoms with van der Waals surface area (Å²) in [4.78, 5) is 2.62. The summed E-state index contributed by atoms with van der Waals surface area (Å²) in [5, 5.41) is 12.9. The van der Waals surface area contributed by atoms with Crippen LogP contribution in [0.25, 0.3) is 87.3 Å². The van der Waals surface area contributed by atoms with Crippen molar-refractivity contribution in [3.8, 4) is 16.8 Å². The third kappa shape index (κ3) is 4.17. The molecule has 0 N–H and O–H groups in total. The van der Waals surface area contributed by atoms with Crippen molar-refractivity contribution >= 4 is 81.8 Å². The summed E-state index contributed by atoms with van der Waals surface area (Å²) in [6.07, 6.45) is 7.88. The fourth-order valence-electron chi connectivity index (χ4n) is 9.64.